The molecule has 0 amide bonds. The largest absolute Gasteiger partial charge is 0.456 e. The second kappa shape index (κ2) is 6.49. The van der Waals surface area contributed by atoms with Crippen LogP contribution in [0.25, 0.3) is 21.0 Å². The highest BCUT2D eigenvalue weighted by Gasteiger charge is 2.24. The number of aryl methyl sites for hydroxylation is 1. The lowest BCUT2D eigenvalue weighted by atomic mass is 10.2. The SMILES string of the molecule is Cc1nc(C(=O)OCc2ccccc2)c(-c2nc3ccccc3s2)o1. The molecule has 0 aliphatic carbocycles. The zero-order valence-electron chi connectivity index (χ0n) is 13.4. The molecule has 2 heterocycles. The van der Waals surface area contributed by atoms with Gasteiger partial charge in [-0.1, -0.05) is 42.5 Å². The minimum Gasteiger partial charge on any atom is -0.456 e. The van der Waals surface area contributed by atoms with Crippen LogP contribution in [0.4, 0.5) is 0 Å². The first-order valence-corrected chi connectivity index (χ1v) is 8.57. The molecule has 0 aliphatic rings. The lowest BCUT2D eigenvalue weighted by Gasteiger charge is -2.03. The van der Waals surface area contributed by atoms with Crippen molar-refractivity contribution < 1.29 is 13.9 Å². The number of para-hydroxylation sites is 1. The maximum Gasteiger partial charge on any atom is 0.361 e. The molecule has 0 spiro atoms. The van der Waals surface area contributed by atoms with Crippen molar-refractivity contribution in [2.75, 3.05) is 0 Å². The molecule has 4 rings (SSSR count). The number of hydrogen-bond acceptors (Lipinski definition) is 6. The minimum atomic E-state index is -0.519. The van der Waals surface area contributed by atoms with E-state index in [0.717, 1.165) is 15.8 Å². The lowest BCUT2D eigenvalue weighted by Crippen LogP contribution is -2.07. The summed E-state index contributed by atoms with van der Waals surface area (Å²) in [7, 11) is 0. The summed E-state index contributed by atoms with van der Waals surface area (Å²) in [6, 6.07) is 17.3. The van der Waals surface area contributed by atoms with Crippen molar-refractivity contribution in [3.05, 3.63) is 71.7 Å². The topological polar surface area (TPSA) is 65.2 Å². The van der Waals surface area contributed by atoms with E-state index in [0.29, 0.717) is 16.7 Å². The van der Waals surface area contributed by atoms with Gasteiger partial charge < -0.3 is 9.15 Å². The maximum atomic E-state index is 12.5. The predicted molar refractivity (Wildman–Crippen MR) is 95.4 cm³/mol. The molecule has 2 aromatic carbocycles. The molecule has 0 saturated heterocycles. The third kappa shape index (κ3) is 3.16. The van der Waals surface area contributed by atoms with E-state index in [1.54, 1.807) is 6.92 Å². The Kier molecular flexibility index (Phi) is 4.03. The van der Waals surface area contributed by atoms with Crippen LogP contribution in [0.15, 0.2) is 59.0 Å². The molecule has 0 radical (unpaired) electrons. The van der Waals surface area contributed by atoms with E-state index in [9.17, 15) is 4.79 Å². The molecule has 2 aromatic heterocycles. The Balaban J connectivity index is 1.63. The number of hydrogen-bond donors (Lipinski definition) is 0. The monoisotopic (exact) mass is 350 g/mol. The van der Waals surface area contributed by atoms with E-state index < -0.39 is 5.97 Å². The zero-order valence-corrected chi connectivity index (χ0v) is 14.2. The fourth-order valence-electron chi connectivity index (χ4n) is 2.47. The summed E-state index contributed by atoms with van der Waals surface area (Å²) in [6.07, 6.45) is 0. The molecule has 6 heteroatoms. The number of ether oxygens (including phenoxy) is 1. The van der Waals surface area contributed by atoms with Crippen LogP contribution >= 0.6 is 11.3 Å². The van der Waals surface area contributed by atoms with Gasteiger partial charge in [0, 0.05) is 6.92 Å². The van der Waals surface area contributed by atoms with Gasteiger partial charge >= 0.3 is 5.97 Å². The molecular formula is C19H14N2O3S. The van der Waals surface area contributed by atoms with Gasteiger partial charge in [-0.25, -0.2) is 14.8 Å². The van der Waals surface area contributed by atoms with Gasteiger partial charge in [-0.3, -0.25) is 0 Å². The second-order valence-corrected chi connectivity index (χ2v) is 6.49. The Morgan fingerprint density at radius 2 is 1.84 bits per heavy atom. The van der Waals surface area contributed by atoms with Gasteiger partial charge in [-0.05, 0) is 17.7 Å². The molecular weight excluding hydrogens is 336 g/mol. The Morgan fingerprint density at radius 1 is 1.08 bits per heavy atom. The van der Waals surface area contributed by atoms with Crippen molar-refractivity contribution in [3.63, 3.8) is 0 Å². The van der Waals surface area contributed by atoms with Gasteiger partial charge in [0.1, 0.15) is 6.61 Å². The van der Waals surface area contributed by atoms with Gasteiger partial charge in [0.2, 0.25) is 0 Å². The van der Waals surface area contributed by atoms with E-state index in [1.807, 2.05) is 54.6 Å². The molecule has 5 nitrogen and oxygen atoms in total. The third-order valence-electron chi connectivity index (χ3n) is 3.63. The second-order valence-electron chi connectivity index (χ2n) is 5.46. The highest BCUT2D eigenvalue weighted by molar-refractivity contribution is 7.21. The van der Waals surface area contributed by atoms with Crippen LogP contribution in [0.1, 0.15) is 21.9 Å². The van der Waals surface area contributed by atoms with Crippen molar-refractivity contribution in [3.8, 4) is 10.8 Å². The number of thiazole rings is 1. The summed E-state index contributed by atoms with van der Waals surface area (Å²) < 4.78 is 12.0. The number of oxazole rings is 1. The number of aromatic nitrogens is 2. The van der Waals surface area contributed by atoms with Crippen molar-refractivity contribution in [1.82, 2.24) is 9.97 Å². The summed E-state index contributed by atoms with van der Waals surface area (Å²) in [5.74, 6) is 0.243. The fourth-order valence-corrected chi connectivity index (χ4v) is 3.42. The Bertz CT molecular complexity index is 1000. The van der Waals surface area contributed by atoms with E-state index >= 15 is 0 Å². The average molecular weight is 350 g/mol. The predicted octanol–water partition coefficient (Wildman–Crippen LogP) is 4.62. The maximum absolute atomic E-state index is 12.5. The van der Waals surface area contributed by atoms with Crippen LogP contribution < -0.4 is 0 Å². The molecule has 0 bridgehead atoms. The van der Waals surface area contributed by atoms with E-state index in [-0.39, 0.29) is 12.3 Å². The summed E-state index contributed by atoms with van der Waals surface area (Å²) in [5, 5.41) is 0.619. The number of esters is 1. The molecule has 0 fully saturated rings. The quantitative estimate of drug-likeness (QED) is 0.503. The molecule has 0 N–H and O–H groups in total. The van der Waals surface area contributed by atoms with Crippen LogP contribution in [0.2, 0.25) is 0 Å². The zero-order chi connectivity index (χ0) is 17.2. The van der Waals surface area contributed by atoms with Gasteiger partial charge in [0.15, 0.2) is 22.4 Å². The molecule has 124 valence electrons. The van der Waals surface area contributed by atoms with Crippen molar-refractivity contribution >= 4 is 27.5 Å². The van der Waals surface area contributed by atoms with Gasteiger partial charge in [-0.2, -0.15) is 0 Å². The van der Waals surface area contributed by atoms with Gasteiger partial charge in [0.25, 0.3) is 0 Å². The first kappa shape index (κ1) is 15.5. The number of carbonyl (C=O) groups excluding carboxylic acids is 1. The average Bonchev–Trinajstić information content (AvgIpc) is 3.23. The molecule has 0 aliphatic heterocycles. The molecule has 0 unspecified atom stereocenters. The van der Waals surface area contributed by atoms with E-state index in [4.69, 9.17) is 9.15 Å². The third-order valence-corrected chi connectivity index (χ3v) is 4.66. The first-order chi connectivity index (χ1) is 12.2. The summed E-state index contributed by atoms with van der Waals surface area (Å²) >= 11 is 1.46. The highest BCUT2D eigenvalue weighted by Crippen LogP contribution is 2.33. The summed E-state index contributed by atoms with van der Waals surface area (Å²) in [5.41, 5.74) is 1.94. The van der Waals surface area contributed by atoms with Crippen molar-refractivity contribution in [2.45, 2.75) is 13.5 Å². The molecule has 4 aromatic rings. The van der Waals surface area contributed by atoms with Crippen LogP contribution in [0, 0.1) is 6.92 Å². The Labute approximate surface area is 147 Å². The van der Waals surface area contributed by atoms with Crippen LogP contribution in [-0.2, 0) is 11.3 Å². The molecule has 25 heavy (non-hydrogen) atoms. The first-order valence-electron chi connectivity index (χ1n) is 7.75. The highest BCUT2D eigenvalue weighted by atomic mass is 32.1. The van der Waals surface area contributed by atoms with E-state index in [2.05, 4.69) is 9.97 Å². The summed E-state index contributed by atoms with van der Waals surface area (Å²) in [6.45, 7) is 1.88. The standard InChI is InChI=1S/C19H14N2O3S/c1-12-20-16(19(22)23-11-13-7-3-2-4-8-13)17(24-12)18-21-14-9-5-6-10-15(14)25-18/h2-10H,11H2,1H3. The molecule has 0 atom stereocenters. The number of nitrogens with zero attached hydrogens (tertiary/aromatic N) is 2. The van der Waals surface area contributed by atoms with Crippen LogP contribution in [0.5, 0.6) is 0 Å². The molecule has 0 saturated carbocycles. The van der Waals surface area contributed by atoms with Crippen LogP contribution in [-0.4, -0.2) is 15.9 Å². The Morgan fingerprint density at radius 3 is 2.64 bits per heavy atom. The van der Waals surface area contributed by atoms with Gasteiger partial charge in [0.05, 0.1) is 10.2 Å². The fraction of sp³-hybridized carbons (Fsp3) is 0.105. The Hall–Kier alpha value is -2.99. The number of fused-ring (bicyclic) bond motifs is 1. The number of carbonyl (C=O) groups is 1. The van der Waals surface area contributed by atoms with Crippen molar-refractivity contribution in [2.24, 2.45) is 0 Å². The van der Waals surface area contributed by atoms with Crippen LogP contribution in [0.3, 0.4) is 0 Å². The normalized spacial score (nSPS) is 10.9. The number of benzene rings is 2. The minimum absolute atomic E-state index is 0.160. The number of rotatable bonds is 4. The van der Waals surface area contributed by atoms with Gasteiger partial charge in [-0.15, -0.1) is 11.3 Å². The van der Waals surface area contributed by atoms with Crippen molar-refractivity contribution in [1.29, 1.82) is 0 Å². The summed E-state index contributed by atoms with van der Waals surface area (Å²) in [4.78, 5) is 21.2. The smallest absolute Gasteiger partial charge is 0.361 e. The van der Waals surface area contributed by atoms with E-state index in [1.165, 1.54) is 11.3 Å². The lowest BCUT2D eigenvalue weighted by molar-refractivity contribution is 0.0467.